The smallest absolute Gasteiger partial charge is 0.413 e. The van der Waals surface area contributed by atoms with Gasteiger partial charge in [-0.05, 0) is 67.9 Å². The van der Waals surface area contributed by atoms with E-state index in [-0.39, 0.29) is 5.82 Å². The van der Waals surface area contributed by atoms with E-state index in [9.17, 15) is 9.18 Å². The first-order valence-corrected chi connectivity index (χ1v) is 9.04. The Balaban J connectivity index is 2.26. The van der Waals surface area contributed by atoms with Crippen LogP contribution in [-0.2, 0) is 4.74 Å². The van der Waals surface area contributed by atoms with Crippen LogP contribution in [0.25, 0.3) is 0 Å². The fourth-order valence-corrected chi connectivity index (χ4v) is 2.59. The number of hydrogen-bond donors (Lipinski definition) is 1. The van der Waals surface area contributed by atoms with Crippen LogP contribution in [-0.4, -0.2) is 23.8 Å². The summed E-state index contributed by atoms with van der Waals surface area (Å²) in [7, 11) is 1.50. The Morgan fingerprint density at radius 1 is 1.26 bits per heavy atom. The molecule has 27 heavy (non-hydrogen) atoms. The number of halogens is 2. The van der Waals surface area contributed by atoms with Crippen molar-refractivity contribution >= 4 is 27.8 Å². The fourth-order valence-electron chi connectivity index (χ4n) is 2.28. The van der Waals surface area contributed by atoms with Crippen LogP contribution < -0.4 is 14.8 Å². The van der Waals surface area contributed by atoms with Gasteiger partial charge in [-0.25, -0.2) is 14.2 Å². The highest BCUT2D eigenvalue weighted by molar-refractivity contribution is 9.10. The van der Waals surface area contributed by atoms with Gasteiger partial charge in [-0.3, -0.25) is 5.32 Å². The molecule has 0 saturated carbocycles. The minimum absolute atomic E-state index is 0.190. The molecule has 146 valence electrons. The van der Waals surface area contributed by atoms with Crippen LogP contribution in [0, 0.1) is 5.82 Å². The van der Waals surface area contributed by atoms with Crippen molar-refractivity contribution in [3.05, 3.63) is 46.3 Å². The molecule has 8 heteroatoms. The van der Waals surface area contributed by atoms with E-state index < -0.39 is 23.6 Å². The van der Waals surface area contributed by atoms with E-state index in [1.165, 1.54) is 31.5 Å². The minimum atomic E-state index is -0.654. The van der Waals surface area contributed by atoms with Crippen LogP contribution in [0.1, 0.15) is 39.4 Å². The highest BCUT2D eigenvalue weighted by Gasteiger charge is 2.21. The number of benzene rings is 1. The molecular weight excluding hydrogens is 419 g/mol. The Kier molecular flexibility index (Phi) is 6.64. The van der Waals surface area contributed by atoms with Gasteiger partial charge in [0.05, 0.1) is 7.11 Å². The van der Waals surface area contributed by atoms with Gasteiger partial charge in [0, 0.05) is 16.2 Å². The lowest BCUT2D eigenvalue weighted by atomic mass is 10.1. The maximum Gasteiger partial charge on any atom is 0.413 e. The summed E-state index contributed by atoms with van der Waals surface area (Å²) in [6, 6.07) is 5.84. The number of carbonyl (C=O) groups excluding carboxylic acids is 1. The standard InChI is InChI=1S/C19H22BrFN2O4/c1-11(14-9-13(21)6-7-15(14)25-5)26-16-8-12(20)10-22-17(16)23-18(24)27-19(2,3)4/h6-11H,1-5H3,(H,22,23,24). The van der Waals surface area contributed by atoms with E-state index in [1.54, 1.807) is 33.8 Å². The van der Waals surface area contributed by atoms with Gasteiger partial charge in [0.25, 0.3) is 0 Å². The lowest BCUT2D eigenvalue weighted by Gasteiger charge is -2.22. The van der Waals surface area contributed by atoms with Crippen molar-refractivity contribution in [2.24, 2.45) is 0 Å². The van der Waals surface area contributed by atoms with Crippen LogP contribution in [0.2, 0.25) is 0 Å². The Bertz CT molecular complexity index is 824. The molecule has 0 bridgehead atoms. The largest absolute Gasteiger partial charge is 0.496 e. The second-order valence-electron chi connectivity index (χ2n) is 6.77. The van der Waals surface area contributed by atoms with Crippen molar-refractivity contribution in [1.29, 1.82) is 0 Å². The number of pyridine rings is 1. The summed E-state index contributed by atoms with van der Waals surface area (Å²) in [5.74, 6) is 0.581. The zero-order valence-corrected chi connectivity index (χ0v) is 17.4. The van der Waals surface area contributed by atoms with Crippen molar-refractivity contribution in [3.8, 4) is 11.5 Å². The summed E-state index contributed by atoms with van der Waals surface area (Å²) >= 11 is 3.33. The van der Waals surface area contributed by atoms with E-state index in [0.29, 0.717) is 21.5 Å². The normalized spacial score (nSPS) is 12.3. The van der Waals surface area contributed by atoms with Gasteiger partial charge in [0.15, 0.2) is 11.6 Å². The molecule has 1 unspecified atom stereocenters. The summed E-state index contributed by atoms with van der Waals surface area (Å²) < 4.78 is 30.8. The highest BCUT2D eigenvalue weighted by atomic mass is 79.9. The molecule has 2 rings (SSSR count). The van der Waals surface area contributed by atoms with E-state index in [4.69, 9.17) is 14.2 Å². The molecule has 1 N–H and O–H groups in total. The topological polar surface area (TPSA) is 69.7 Å². The second kappa shape index (κ2) is 8.56. The first-order chi connectivity index (χ1) is 12.6. The van der Waals surface area contributed by atoms with E-state index in [2.05, 4.69) is 26.2 Å². The third-order valence-corrected chi connectivity index (χ3v) is 3.81. The number of amides is 1. The number of rotatable bonds is 5. The Hall–Kier alpha value is -2.35. The summed E-state index contributed by atoms with van der Waals surface area (Å²) in [6.45, 7) is 7.03. The molecule has 0 aliphatic carbocycles. The SMILES string of the molecule is COc1ccc(F)cc1C(C)Oc1cc(Br)cnc1NC(=O)OC(C)(C)C. The molecule has 0 spiro atoms. The van der Waals surface area contributed by atoms with Gasteiger partial charge in [0.2, 0.25) is 0 Å². The number of carbonyl (C=O) groups is 1. The Labute approximate surface area is 166 Å². The first-order valence-electron chi connectivity index (χ1n) is 8.24. The number of anilines is 1. The molecule has 6 nitrogen and oxygen atoms in total. The van der Waals surface area contributed by atoms with Gasteiger partial charge in [0.1, 0.15) is 23.3 Å². The Morgan fingerprint density at radius 3 is 2.59 bits per heavy atom. The average Bonchev–Trinajstić information content (AvgIpc) is 2.55. The summed E-state index contributed by atoms with van der Waals surface area (Å²) in [4.78, 5) is 16.2. The van der Waals surface area contributed by atoms with Crippen molar-refractivity contribution < 1.29 is 23.4 Å². The number of nitrogens with zero attached hydrogens (tertiary/aromatic N) is 1. The predicted molar refractivity (Wildman–Crippen MR) is 104 cm³/mol. The van der Waals surface area contributed by atoms with Gasteiger partial charge in [-0.2, -0.15) is 0 Å². The molecule has 0 fully saturated rings. The molecule has 1 aromatic carbocycles. The van der Waals surface area contributed by atoms with Crippen molar-refractivity contribution in [2.45, 2.75) is 39.4 Å². The highest BCUT2D eigenvalue weighted by Crippen LogP contribution is 2.34. The first kappa shape index (κ1) is 21.0. The molecule has 1 aromatic heterocycles. The van der Waals surface area contributed by atoms with Crippen molar-refractivity contribution in [1.82, 2.24) is 4.98 Å². The third-order valence-electron chi connectivity index (χ3n) is 3.37. The summed E-state index contributed by atoms with van der Waals surface area (Å²) in [5, 5.41) is 2.57. The van der Waals surface area contributed by atoms with Gasteiger partial charge in [-0.15, -0.1) is 0 Å². The number of hydrogen-bond acceptors (Lipinski definition) is 5. The lowest BCUT2D eigenvalue weighted by Crippen LogP contribution is -2.27. The molecular formula is C19H22BrFN2O4. The summed E-state index contributed by atoms with van der Waals surface area (Å²) in [5.41, 5.74) is -0.122. The molecule has 2 aromatic rings. The van der Waals surface area contributed by atoms with Gasteiger partial charge < -0.3 is 14.2 Å². The number of methoxy groups -OCH3 is 1. The minimum Gasteiger partial charge on any atom is -0.496 e. The molecule has 1 atom stereocenters. The maximum atomic E-state index is 13.7. The molecule has 0 aliphatic rings. The van der Waals surface area contributed by atoms with Crippen LogP contribution in [0.4, 0.5) is 15.0 Å². The van der Waals surface area contributed by atoms with Crippen LogP contribution in [0.15, 0.2) is 34.9 Å². The van der Waals surface area contributed by atoms with Crippen molar-refractivity contribution in [2.75, 3.05) is 12.4 Å². The second-order valence-corrected chi connectivity index (χ2v) is 7.69. The molecule has 0 radical (unpaired) electrons. The van der Waals surface area contributed by atoms with Crippen LogP contribution in [0.3, 0.4) is 0 Å². The maximum absolute atomic E-state index is 13.7. The fraction of sp³-hybridized carbons (Fsp3) is 0.368. The predicted octanol–water partition coefficient (Wildman–Crippen LogP) is 5.48. The quantitative estimate of drug-likeness (QED) is 0.666. The molecule has 0 aliphatic heterocycles. The number of aromatic nitrogens is 1. The van der Waals surface area contributed by atoms with Crippen molar-refractivity contribution in [3.63, 3.8) is 0 Å². The summed E-state index contributed by atoms with van der Waals surface area (Å²) in [6.07, 6.45) is 0.302. The number of nitrogens with one attached hydrogen (secondary N) is 1. The monoisotopic (exact) mass is 440 g/mol. The Morgan fingerprint density at radius 2 is 1.96 bits per heavy atom. The van der Waals surface area contributed by atoms with Gasteiger partial charge in [-0.1, -0.05) is 0 Å². The third kappa shape index (κ3) is 6.09. The molecule has 1 amide bonds. The van der Waals surface area contributed by atoms with E-state index >= 15 is 0 Å². The molecule has 0 saturated heterocycles. The number of ether oxygens (including phenoxy) is 3. The lowest BCUT2D eigenvalue weighted by molar-refractivity contribution is 0.0634. The van der Waals surface area contributed by atoms with Crippen LogP contribution >= 0.6 is 15.9 Å². The zero-order valence-electron chi connectivity index (χ0n) is 15.8. The van der Waals surface area contributed by atoms with E-state index in [0.717, 1.165) is 0 Å². The van der Waals surface area contributed by atoms with Crippen LogP contribution in [0.5, 0.6) is 11.5 Å². The van der Waals surface area contributed by atoms with Gasteiger partial charge >= 0.3 is 6.09 Å². The zero-order chi connectivity index (χ0) is 20.2. The average molecular weight is 441 g/mol. The van der Waals surface area contributed by atoms with E-state index in [1.807, 2.05) is 0 Å². The molecule has 1 heterocycles.